The first-order chi connectivity index (χ1) is 20.5. The minimum atomic E-state index is -3.87. The summed E-state index contributed by atoms with van der Waals surface area (Å²) in [5.74, 6) is -2.05. The number of sulfonamides is 1. The molecular formula is C29H38BrN5O8S. The second-order valence-electron chi connectivity index (χ2n) is 12.5. The van der Waals surface area contributed by atoms with Crippen molar-refractivity contribution in [1.82, 2.24) is 25.2 Å². The van der Waals surface area contributed by atoms with Crippen LogP contribution in [0.5, 0.6) is 5.75 Å². The van der Waals surface area contributed by atoms with Crippen molar-refractivity contribution in [3.05, 3.63) is 47.9 Å². The van der Waals surface area contributed by atoms with Crippen LogP contribution in [0.2, 0.25) is 0 Å². The Hall–Kier alpha value is -3.46. The summed E-state index contributed by atoms with van der Waals surface area (Å²) in [6.07, 6.45) is 4.16. The standard InChI is InChI=1S/C29H38BrN5O8S/c1-7-17-12-29(17,26(38)34-44(40,41)21-8-9-21)33-24(36)22-11-20(43-19-10-18(30)13-31-14-19)15-35(22)25(37)23(28(4,5)6)32-27(39)42-16(2)3/h7,10,13-14,17,20-23H,1-2,8-9,11-12,15H2,3-6H3,(H,32,39)(H,33,36)(H,34,38)/t17?,20-,22+,23-,29?/m1/s1. The van der Waals surface area contributed by atoms with Crippen molar-refractivity contribution in [2.45, 2.75) is 82.4 Å². The smallest absolute Gasteiger partial charge is 0.412 e. The van der Waals surface area contributed by atoms with Gasteiger partial charge < -0.3 is 25.0 Å². The van der Waals surface area contributed by atoms with Gasteiger partial charge in [0.25, 0.3) is 5.91 Å². The summed E-state index contributed by atoms with van der Waals surface area (Å²) >= 11 is 3.34. The van der Waals surface area contributed by atoms with Crippen LogP contribution in [0.4, 0.5) is 4.79 Å². The fourth-order valence-electron chi connectivity index (χ4n) is 5.16. The summed E-state index contributed by atoms with van der Waals surface area (Å²) in [4.78, 5) is 59.2. The first kappa shape index (κ1) is 33.4. The Balaban J connectivity index is 1.60. The average Bonchev–Trinajstić information content (AvgIpc) is 3.83. The van der Waals surface area contributed by atoms with Gasteiger partial charge in [-0.15, -0.1) is 6.58 Å². The number of hydrogen-bond acceptors (Lipinski definition) is 9. The lowest BCUT2D eigenvalue weighted by molar-refractivity contribution is -0.142. The molecule has 2 aliphatic carbocycles. The lowest BCUT2D eigenvalue weighted by Gasteiger charge is -2.35. The van der Waals surface area contributed by atoms with E-state index in [9.17, 15) is 27.6 Å². The van der Waals surface area contributed by atoms with Crippen molar-refractivity contribution in [1.29, 1.82) is 0 Å². The van der Waals surface area contributed by atoms with Crippen molar-refractivity contribution in [3.8, 4) is 5.75 Å². The van der Waals surface area contributed by atoms with E-state index in [1.807, 2.05) is 0 Å². The minimum absolute atomic E-state index is 0.0205. The van der Waals surface area contributed by atoms with Crippen LogP contribution < -0.4 is 20.1 Å². The fraction of sp³-hybridized carbons (Fsp3) is 0.552. The molecule has 13 nitrogen and oxygen atoms in total. The van der Waals surface area contributed by atoms with E-state index in [0.717, 1.165) is 0 Å². The first-order valence-electron chi connectivity index (χ1n) is 14.2. The summed E-state index contributed by atoms with van der Waals surface area (Å²) in [5.41, 5.74) is -2.34. The van der Waals surface area contributed by atoms with Gasteiger partial charge in [0, 0.05) is 23.0 Å². The molecule has 44 heavy (non-hydrogen) atoms. The van der Waals surface area contributed by atoms with E-state index in [0.29, 0.717) is 23.1 Å². The zero-order valence-corrected chi connectivity index (χ0v) is 27.5. The molecule has 15 heteroatoms. The summed E-state index contributed by atoms with van der Waals surface area (Å²) in [5, 5.41) is 4.69. The Morgan fingerprint density at radius 2 is 1.91 bits per heavy atom. The molecule has 2 heterocycles. The van der Waals surface area contributed by atoms with Gasteiger partial charge in [0.05, 0.1) is 23.8 Å². The molecule has 0 radical (unpaired) electrons. The second kappa shape index (κ2) is 12.5. The molecule has 3 N–H and O–H groups in total. The Labute approximate surface area is 265 Å². The van der Waals surface area contributed by atoms with Crippen LogP contribution in [0.3, 0.4) is 0 Å². The summed E-state index contributed by atoms with van der Waals surface area (Å²) in [6, 6.07) is -0.538. The average molecular weight is 697 g/mol. The van der Waals surface area contributed by atoms with Gasteiger partial charge in [0.1, 0.15) is 29.5 Å². The van der Waals surface area contributed by atoms with E-state index in [2.05, 4.69) is 49.4 Å². The zero-order chi connectivity index (χ0) is 32.6. The van der Waals surface area contributed by atoms with Gasteiger partial charge in [-0.3, -0.25) is 24.1 Å². The number of hydrogen-bond donors (Lipinski definition) is 3. The number of aromatic nitrogens is 1. The monoisotopic (exact) mass is 695 g/mol. The van der Waals surface area contributed by atoms with E-state index < -0.39 is 74.1 Å². The number of carbonyl (C=O) groups is 4. The second-order valence-corrected chi connectivity index (χ2v) is 15.4. The third-order valence-electron chi connectivity index (χ3n) is 7.72. The summed E-state index contributed by atoms with van der Waals surface area (Å²) in [7, 11) is -3.87. The highest BCUT2D eigenvalue weighted by Crippen LogP contribution is 2.45. The largest absolute Gasteiger partial charge is 0.487 e. The lowest BCUT2D eigenvalue weighted by atomic mass is 9.85. The van der Waals surface area contributed by atoms with Gasteiger partial charge >= 0.3 is 6.09 Å². The fourth-order valence-corrected chi connectivity index (χ4v) is 6.87. The molecule has 0 aromatic carbocycles. The maximum Gasteiger partial charge on any atom is 0.412 e. The quantitative estimate of drug-likeness (QED) is 0.232. The Morgan fingerprint density at radius 1 is 1.23 bits per heavy atom. The van der Waals surface area contributed by atoms with E-state index >= 15 is 0 Å². The highest BCUT2D eigenvalue weighted by Gasteiger charge is 2.62. The number of amides is 4. The van der Waals surface area contributed by atoms with Gasteiger partial charge in [-0.05, 0) is 53.6 Å². The SMILES string of the molecule is C=CC1CC1(NC(=O)[C@@H]1C[C@@H](Oc2cncc(Br)c2)CN1C(=O)[C@@H](NC(=O)OC(=C)C)C(C)(C)C)C(=O)NS(=O)(=O)C1CC1. The molecule has 4 amide bonds. The van der Waals surface area contributed by atoms with Gasteiger partial charge in [-0.2, -0.15) is 0 Å². The van der Waals surface area contributed by atoms with Crippen LogP contribution in [0.15, 0.2) is 47.9 Å². The van der Waals surface area contributed by atoms with Gasteiger partial charge in [-0.1, -0.05) is 33.4 Å². The zero-order valence-electron chi connectivity index (χ0n) is 25.1. The number of halogens is 1. The molecule has 240 valence electrons. The molecule has 3 aliphatic rings. The maximum absolute atomic E-state index is 14.1. The number of carbonyl (C=O) groups excluding carboxylic acids is 4. The van der Waals surface area contributed by atoms with Crippen LogP contribution in [-0.2, 0) is 29.1 Å². The molecule has 1 aliphatic heterocycles. The molecule has 1 aromatic rings. The lowest BCUT2D eigenvalue weighted by Crippen LogP contribution is -2.60. The van der Waals surface area contributed by atoms with Crippen LogP contribution in [0.1, 0.15) is 53.4 Å². The van der Waals surface area contributed by atoms with Crippen LogP contribution in [0.25, 0.3) is 0 Å². The van der Waals surface area contributed by atoms with Gasteiger partial charge in [0.2, 0.25) is 21.8 Å². The van der Waals surface area contributed by atoms with E-state index in [1.54, 1.807) is 33.0 Å². The van der Waals surface area contributed by atoms with Crippen molar-refractivity contribution in [2.24, 2.45) is 11.3 Å². The molecule has 5 atom stereocenters. The van der Waals surface area contributed by atoms with Gasteiger partial charge in [0.15, 0.2) is 0 Å². The van der Waals surface area contributed by atoms with Crippen molar-refractivity contribution in [3.63, 3.8) is 0 Å². The minimum Gasteiger partial charge on any atom is -0.487 e. The van der Waals surface area contributed by atoms with E-state index in [1.165, 1.54) is 24.1 Å². The van der Waals surface area contributed by atoms with E-state index in [-0.39, 0.29) is 25.1 Å². The number of ether oxygens (including phenoxy) is 2. The van der Waals surface area contributed by atoms with Crippen molar-refractivity contribution < 1.29 is 37.1 Å². The number of likely N-dealkylation sites (tertiary alicyclic amines) is 1. The van der Waals surface area contributed by atoms with E-state index in [4.69, 9.17) is 9.47 Å². The topological polar surface area (TPSA) is 173 Å². The molecule has 1 saturated heterocycles. The molecule has 2 unspecified atom stereocenters. The van der Waals surface area contributed by atoms with Crippen molar-refractivity contribution in [2.75, 3.05) is 6.54 Å². The Kier molecular flexibility index (Phi) is 9.50. The number of rotatable bonds is 11. The summed E-state index contributed by atoms with van der Waals surface area (Å²) < 4.78 is 38.9. The highest BCUT2D eigenvalue weighted by atomic mass is 79.9. The summed E-state index contributed by atoms with van der Waals surface area (Å²) in [6.45, 7) is 14.0. The molecule has 0 bridgehead atoms. The third kappa shape index (κ3) is 7.60. The van der Waals surface area contributed by atoms with Crippen LogP contribution >= 0.6 is 15.9 Å². The normalized spacial score (nSPS) is 25.3. The van der Waals surface area contributed by atoms with Crippen LogP contribution in [-0.4, -0.2) is 77.6 Å². The van der Waals surface area contributed by atoms with Gasteiger partial charge in [-0.25, -0.2) is 13.2 Å². The molecule has 2 saturated carbocycles. The first-order valence-corrected chi connectivity index (χ1v) is 16.5. The number of nitrogens with zero attached hydrogens (tertiary/aromatic N) is 2. The molecular weight excluding hydrogens is 658 g/mol. The molecule has 4 rings (SSSR count). The number of pyridine rings is 1. The van der Waals surface area contributed by atoms with Crippen molar-refractivity contribution >= 4 is 49.8 Å². The van der Waals surface area contributed by atoms with Crippen LogP contribution in [0, 0.1) is 11.3 Å². The predicted molar refractivity (Wildman–Crippen MR) is 163 cm³/mol. The number of alkyl carbamates (subject to hydrolysis) is 1. The predicted octanol–water partition coefficient (Wildman–Crippen LogP) is 2.54. The Bertz CT molecular complexity index is 1470. The molecule has 1 aromatic heterocycles. The number of allylic oxidation sites excluding steroid dienone is 1. The number of nitrogens with one attached hydrogen (secondary N) is 3. The highest BCUT2D eigenvalue weighted by molar-refractivity contribution is 9.10. The third-order valence-corrected chi connectivity index (χ3v) is 9.97. The molecule has 3 fully saturated rings. The molecule has 0 spiro atoms. The Morgan fingerprint density at radius 3 is 2.45 bits per heavy atom. The maximum atomic E-state index is 14.1.